The molecular weight excluding hydrogens is 698 g/mol. The first kappa shape index (κ1) is 35.4. The molecule has 1 fully saturated rings. The van der Waals surface area contributed by atoms with Crippen LogP contribution in [0.2, 0.25) is 5.02 Å². The number of phenolic OH excluding ortho intramolecular Hbond substituents is 1. The smallest absolute Gasteiger partial charge is 0.411 e. The van der Waals surface area contributed by atoms with Gasteiger partial charge < -0.3 is 35.1 Å². The van der Waals surface area contributed by atoms with Crippen molar-refractivity contribution in [3.8, 4) is 21.9 Å². The highest BCUT2D eigenvalue weighted by Gasteiger charge is 2.24. The van der Waals surface area contributed by atoms with Crippen molar-refractivity contribution in [2.75, 3.05) is 43.9 Å². The van der Waals surface area contributed by atoms with Gasteiger partial charge in [-0.1, -0.05) is 59.3 Å². The Labute approximate surface area is 302 Å². The Morgan fingerprint density at radius 2 is 1.84 bits per heavy atom. The van der Waals surface area contributed by atoms with Gasteiger partial charge in [0.05, 0.1) is 33.1 Å². The summed E-state index contributed by atoms with van der Waals surface area (Å²) in [7, 11) is 1.57. The van der Waals surface area contributed by atoms with Crippen molar-refractivity contribution < 1.29 is 24.2 Å². The summed E-state index contributed by atoms with van der Waals surface area (Å²) < 4.78 is 12.1. The molecule has 3 heterocycles. The number of piperidine rings is 1. The normalized spacial score (nSPS) is 13.7. The highest BCUT2D eigenvalue weighted by molar-refractivity contribution is 7.16. The number of aromatic amines is 1. The van der Waals surface area contributed by atoms with Crippen LogP contribution < -0.4 is 25.6 Å². The number of aromatic nitrogens is 1. The van der Waals surface area contributed by atoms with E-state index in [1.54, 1.807) is 36.6 Å². The SMILES string of the molecule is COc1cc(NC(=O)CCN2CCC(OC(=O)Nc3ccsc3-c3ccccc3)CC2)c(Cl)cc1CNCCc1ccc(O)c2[nH]c(=O)sc12. The molecule has 1 aliphatic rings. The number of carbonyl (C=O) groups excluding carboxylic acids is 2. The van der Waals surface area contributed by atoms with Gasteiger partial charge in [0.1, 0.15) is 23.1 Å². The van der Waals surface area contributed by atoms with E-state index in [0.29, 0.717) is 60.9 Å². The van der Waals surface area contributed by atoms with Crippen molar-refractivity contribution in [1.29, 1.82) is 0 Å². The van der Waals surface area contributed by atoms with E-state index >= 15 is 0 Å². The van der Waals surface area contributed by atoms with Crippen molar-refractivity contribution in [3.63, 3.8) is 0 Å². The van der Waals surface area contributed by atoms with E-state index in [9.17, 15) is 19.5 Å². The second-order valence-electron chi connectivity index (χ2n) is 11.9. The molecular formula is C36H38ClN5O6S2. The molecule has 5 aromatic rings. The standard InChI is InChI=1S/C36H38ClN5O6S2/c1-47-30-20-28(26(37)19-24(30)21-38-14-9-23-7-8-29(43)32-34(23)50-36(46)41-32)39-31(44)12-17-42-15-10-25(11-16-42)48-35(45)40-27-13-18-49-33(27)22-5-3-2-4-6-22/h2-8,13,18-20,25,38,43H,9-12,14-17,21H2,1H3,(H,39,44)(H,40,45)(H,41,46). The number of nitrogens with one attached hydrogen (secondary N) is 4. The third-order valence-corrected chi connectivity index (χ3v) is 10.8. The first-order valence-corrected chi connectivity index (χ1v) is 18.4. The van der Waals surface area contributed by atoms with Gasteiger partial charge in [0, 0.05) is 44.2 Å². The maximum atomic E-state index is 12.9. The lowest BCUT2D eigenvalue weighted by Crippen LogP contribution is -2.39. The number of carbonyl (C=O) groups is 2. The molecule has 3 aromatic carbocycles. The number of H-pyrrole nitrogens is 1. The van der Waals surface area contributed by atoms with Crippen LogP contribution in [-0.2, 0) is 22.5 Å². The van der Waals surface area contributed by atoms with Crippen LogP contribution in [0.25, 0.3) is 20.7 Å². The van der Waals surface area contributed by atoms with Gasteiger partial charge in [-0.2, -0.15) is 0 Å². The van der Waals surface area contributed by atoms with Gasteiger partial charge in [-0.15, -0.1) is 11.3 Å². The first-order valence-electron chi connectivity index (χ1n) is 16.3. The maximum Gasteiger partial charge on any atom is 0.411 e. The Morgan fingerprint density at radius 3 is 2.62 bits per heavy atom. The fourth-order valence-corrected chi connectivity index (χ4v) is 7.96. The Kier molecular flexibility index (Phi) is 11.7. The average molecular weight is 736 g/mol. The van der Waals surface area contributed by atoms with Crippen LogP contribution in [0.4, 0.5) is 16.2 Å². The van der Waals surface area contributed by atoms with E-state index in [1.165, 1.54) is 0 Å². The number of fused-ring (bicyclic) bond motifs is 1. The van der Waals surface area contributed by atoms with Gasteiger partial charge in [0.2, 0.25) is 5.91 Å². The predicted octanol–water partition coefficient (Wildman–Crippen LogP) is 7.06. The third kappa shape index (κ3) is 8.84. The zero-order chi connectivity index (χ0) is 35.0. The molecule has 0 spiro atoms. The molecule has 1 saturated heterocycles. The Balaban J connectivity index is 0.922. The molecule has 0 unspecified atom stereocenters. The van der Waals surface area contributed by atoms with Crippen LogP contribution >= 0.6 is 34.3 Å². The highest BCUT2D eigenvalue weighted by atomic mass is 35.5. The van der Waals surface area contributed by atoms with E-state index in [4.69, 9.17) is 21.1 Å². The van der Waals surface area contributed by atoms with Crippen LogP contribution in [0.5, 0.6) is 11.5 Å². The lowest BCUT2D eigenvalue weighted by molar-refractivity contribution is -0.116. The summed E-state index contributed by atoms with van der Waals surface area (Å²) in [6, 6.07) is 18.7. The van der Waals surface area contributed by atoms with Crippen molar-refractivity contribution in [2.45, 2.75) is 38.3 Å². The molecule has 5 N–H and O–H groups in total. The highest BCUT2D eigenvalue weighted by Crippen LogP contribution is 2.34. The number of amides is 2. The van der Waals surface area contributed by atoms with Crippen molar-refractivity contribution >= 4 is 67.9 Å². The van der Waals surface area contributed by atoms with Crippen LogP contribution in [0.1, 0.15) is 30.4 Å². The summed E-state index contributed by atoms with van der Waals surface area (Å²) in [5, 5.41) is 21.6. The number of nitrogens with zero attached hydrogens (tertiary/aromatic N) is 1. The van der Waals surface area contributed by atoms with E-state index in [-0.39, 0.29) is 29.1 Å². The number of thiophene rings is 1. The fraction of sp³-hybridized carbons (Fsp3) is 0.306. The van der Waals surface area contributed by atoms with Crippen molar-refractivity contribution in [2.24, 2.45) is 0 Å². The number of hydrogen-bond acceptors (Lipinski definition) is 10. The summed E-state index contributed by atoms with van der Waals surface area (Å²) in [6.45, 7) is 3.11. The number of methoxy groups -OCH3 is 1. The number of hydrogen-bond donors (Lipinski definition) is 5. The predicted molar refractivity (Wildman–Crippen MR) is 200 cm³/mol. The minimum absolute atomic E-state index is 0.0581. The van der Waals surface area contributed by atoms with Crippen LogP contribution in [-0.4, -0.2) is 66.4 Å². The molecule has 11 nitrogen and oxygen atoms in total. The van der Waals surface area contributed by atoms with Crippen LogP contribution in [0.15, 0.2) is 70.8 Å². The molecule has 2 aromatic heterocycles. The summed E-state index contributed by atoms with van der Waals surface area (Å²) in [4.78, 5) is 43.0. The molecule has 2 amide bonds. The zero-order valence-electron chi connectivity index (χ0n) is 27.4. The fourth-order valence-electron chi connectivity index (χ4n) is 5.97. The summed E-state index contributed by atoms with van der Waals surface area (Å²) in [5.74, 6) is 0.493. The van der Waals surface area contributed by atoms with Crippen molar-refractivity contribution in [1.82, 2.24) is 15.2 Å². The van der Waals surface area contributed by atoms with E-state index in [1.807, 2.05) is 47.8 Å². The number of aromatic hydroxyl groups is 1. The number of anilines is 2. The van der Waals surface area contributed by atoms with Gasteiger partial charge >= 0.3 is 11.0 Å². The van der Waals surface area contributed by atoms with Crippen LogP contribution in [0, 0.1) is 0 Å². The minimum atomic E-state index is -0.458. The largest absolute Gasteiger partial charge is 0.506 e. The summed E-state index contributed by atoms with van der Waals surface area (Å²) in [6.07, 6.45) is 1.68. The molecule has 262 valence electrons. The zero-order valence-corrected chi connectivity index (χ0v) is 29.8. The molecule has 0 aliphatic carbocycles. The Bertz CT molecular complexity index is 2010. The second-order valence-corrected chi connectivity index (χ2v) is 14.2. The monoisotopic (exact) mass is 735 g/mol. The second kappa shape index (κ2) is 16.5. The van der Waals surface area contributed by atoms with Gasteiger partial charge in [-0.3, -0.25) is 14.9 Å². The number of ether oxygens (including phenoxy) is 2. The van der Waals surface area contributed by atoms with E-state index < -0.39 is 6.09 Å². The molecule has 0 radical (unpaired) electrons. The molecule has 0 bridgehead atoms. The number of thiazole rings is 1. The number of benzene rings is 3. The molecule has 1 aliphatic heterocycles. The lowest BCUT2D eigenvalue weighted by Gasteiger charge is -2.31. The van der Waals surface area contributed by atoms with Gasteiger partial charge in [-0.05, 0) is 60.5 Å². The third-order valence-electron chi connectivity index (χ3n) is 8.57. The number of rotatable bonds is 13. The van der Waals surface area contributed by atoms with Gasteiger partial charge in [0.25, 0.3) is 0 Å². The average Bonchev–Trinajstić information content (AvgIpc) is 3.75. The molecule has 14 heteroatoms. The Hall–Kier alpha value is -4.40. The van der Waals surface area contributed by atoms with E-state index in [2.05, 4.69) is 25.8 Å². The van der Waals surface area contributed by atoms with Gasteiger partial charge in [-0.25, -0.2) is 4.79 Å². The Morgan fingerprint density at radius 1 is 1.04 bits per heavy atom. The molecule has 50 heavy (non-hydrogen) atoms. The quantitative estimate of drug-likeness (QED) is 0.0809. The lowest BCUT2D eigenvalue weighted by atomic mass is 10.1. The van der Waals surface area contributed by atoms with Crippen molar-refractivity contribution in [3.05, 3.63) is 91.9 Å². The maximum absolute atomic E-state index is 12.9. The van der Waals surface area contributed by atoms with E-state index in [0.717, 1.165) is 56.4 Å². The summed E-state index contributed by atoms with van der Waals surface area (Å²) in [5.41, 5.74) is 4.52. The summed E-state index contributed by atoms with van der Waals surface area (Å²) >= 11 is 9.23. The first-order chi connectivity index (χ1) is 24.3. The molecule has 6 rings (SSSR count). The number of halogens is 1. The molecule has 0 atom stereocenters. The topological polar surface area (TPSA) is 145 Å². The number of phenols is 1. The van der Waals surface area contributed by atoms with Crippen LogP contribution in [0.3, 0.4) is 0 Å². The van der Waals surface area contributed by atoms with Gasteiger partial charge in [0.15, 0.2) is 0 Å². The number of likely N-dealkylation sites (tertiary alicyclic amines) is 1. The molecule has 0 saturated carbocycles. The minimum Gasteiger partial charge on any atom is -0.506 e.